The summed E-state index contributed by atoms with van der Waals surface area (Å²) in [6.45, 7) is 2.47. The molecule has 0 aromatic rings. The van der Waals surface area contributed by atoms with Crippen molar-refractivity contribution in [3.05, 3.63) is 0 Å². The lowest BCUT2D eigenvalue weighted by atomic mass is 10.1. The number of likely N-dealkylation sites (tertiary alicyclic amines) is 1. The molecule has 0 bridgehead atoms. The van der Waals surface area contributed by atoms with Crippen LogP contribution in [0.2, 0.25) is 0 Å². The van der Waals surface area contributed by atoms with Crippen molar-refractivity contribution in [3.63, 3.8) is 0 Å². The van der Waals surface area contributed by atoms with E-state index in [0.29, 0.717) is 6.54 Å². The molecule has 1 saturated heterocycles. The molecule has 17 heavy (non-hydrogen) atoms. The number of likely N-dealkylation sites (N-methyl/N-ethyl adjacent to an activating group) is 2. The van der Waals surface area contributed by atoms with Crippen molar-refractivity contribution in [2.45, 2.75) is 25.0 Å². The summed E-state index contributed by atoms with van der Waals surface area (Å²) >= 11 is 0. The number of hydrogen-bond donors (Lipinski definition) is 2. The van der Waals surface area contributed by atoms with Gasteiger partial charge in [0.05, 0.1) is 18.1 Å². The number of hydrogen-bond acceptors (Lipinski definition) is 5. The Bertz CT molecular complexity index is 315. The average molecular weight is 243 g/mol. The van der Waals surface area contributed by atoms with Crippen LogP contribution < -0.4 is 5.32 Å². The maximum Gasteiger partial charge on any atom is 0.246 e. The minimum absolute atomic E-state index is 0.174. The number of nitrogens with zero attached hydrogens (tertiary/aromatic N) is 2. The zero-order valence-corrected chi connectivity index (χ0v) is 10.9. The van der Waals surface area contributed by atoms with Crippen LogP contribution in [-0.2, 0) is 9.59 Å². The fraction of sp³-hybridized carbons (Fsp3) is 0.818. The quantitative estimate of drug-likeness (QED) is 0.584. The third-order valence-corrected chi connectivity index (χ3v) is 2.77. The molecule has 0 radical (unpaired) electrons. The van der Waals surface area contributed by atoms with E-state index < -0.39 is 11.6 Å². The summed E-state index contributed by atoms with van der Waals surface area (Å²) in [5.41, 5.74) is -0.923. The Kier molecular flexibility index (Phi) is 4.24. The molecule has 1 heterocycles. The molecule has 0 aromatic heterocycles. The van der Waals surface area contributed by atoms with E-state index in [1.54, 1.807) is 6.92 Å². The monoisotopic (exact) mass is 243 g/mol. The summed E-state index contributed by atoms with van der Waals surface area (Å²) in [7, 11) is 5.21. The number of carbonyl (C=O) groups is 2. The van der Waals surface area contributed by atoms with Crippen molar-refractivity contribution in [1.29, 1.82) is 0 Å². The highest BCUT2D eigenvalue weighted by molar-refractivity contribution is 6.05. The first-order valence-electron chi connectivity index (χ1n) is 5.64. The van der Waals surface area contributed by atoms with Crippen LogP contribution in [-0.4, -0.2) is 72.6 Å². The molecule has 0 spiro atoms. The minimum Gasteiger partial charge on any atom is -0.388 e. The molecule has 0 aliphatic carbocycles. The van der Waals surface area contributed by atoms with Gasteiger partial charge >= 0.3 is 0 Å². The first-order valence-corrected chi connectivity index (χ1v) is 5.64. The second-order valence-electron chi connectivity index (χ2n) is 5.16. The highest BCUT2D eigenvalue weighted by Gasteiger charge is 2.36. The first-order chi connectivity index (χ1) is 7.73. The number of amides is 2. The lowest BCUT2D eigenvalue weighted by molar-refractivity contribution is -0.137. The Balaban J connectivity index is 2.46. The third kappa shape index (κ3) is 3.76. The largest absolute Gasteiger partial charge is 0.388 e. The predicted octanol–water partition coefficient (Wildman–Crippen LogP) is -1.35. The maximum atomic E-state index is 11.6. The molecular formula is C11H21N3O3. The Morgan fingerprint density at radius 3 is 2.53 bits per heavy atom. The minimum atomic E-state index is -0.923. The molecule has 2 unspecified atom stereocenters. The van der Waals surface area contributed by atoms with Crippen LogP contribution in [0.25, 0.3) is 0 Å². The van der Waals surface area contributed by atoms with Gasteiger partial charge in [-0.05, 0) is 21.0 Å². The van der Waals surface area contributed by atoms with E-state index in [-0.39, 0.29) is 24.8 Å². The van der Waals surface area contributed by atoms with E-state index in [4.69, 9.17) is 0 Å². The summed E-state index contributed by atoms with van der Waals surface area (Å²) in [5, 5.41) is 13.0. The molecule has 1 aliphatic heterocycles. The van der Waals surface area contributed by atoms with Crippen LogP contribution >= 0.6 is 0 Å². The van der Waals surface area contributed by atoms with Crippen molar-refractivity contribution in [2.24, 2.45) is 0 Å². The van der Waals surface area contributed by atoms with Gasteiger partial charge in [-0.25, -0.2) is 0 Å². The molecule has 6 heteroatoms. The van der Waals surface area contributed by atoms with E-state index in [2.05, 4.69) is 5.32 Å². The van der Waals surface area contributed by atoms with Gasteiger partial charge in [-0.1, -0.05) is 0 Å². The van der Waals surface area contributed by atoms with Gasteiger partial charge < -0.3 is 15.3 Å². The van der Waals surface area contributed by atoms with Gasteiger partial charge in [-0.15, -0.1) is 0 Å². The fourth-order valence-corrected chi connectivity index (χ4v) is 2.00. The average Bonchev–Trinajstić information content (AvgIpc) is 2.41. The zero-order valence-electron chi connectivity index (χ0n) is 10.9. The van der Waals surface area contributed by atoms with Crippen LogP contribution in [0.3, 0.4) is 0 Å². The number of aliphatic hydroxyl groups is 1. The van der Waals surface area contributed by atoms with Crippen molar-refractivity contribution in [3.8, 4) is 0 Å². The van der Waals surface area contributed by atoms with E-state index in [1.807, 2.05) is 19.0 Å². The topological polar surface area (TPSA) is 72.9 Å². The van der Waals surface area contributed by atoms with Gasteiger partial charge in [0.15, 0.2) is 0 Å². The Hall–Kier alpha value is -0.980. The highest BCUT2D eigenvalue weighted by Crippen LogP contribution is 2.12. The summed E-state index contributed by atoms with van der Waals surface area (Å²) in [6.07, 6.45) is 0.174. The normalized spacial score (nSPS) is 24.6. The van der Waals surface area contributed by atoms with Crippen molar-refractivity contribution < 1.29 is 14.7 Å². The van der Waals surface area contributed by atoms with Gasteiger partial charge in [0.1, 0.15) is 0 Å². The van der Waals surface area contributed by atoms with Gasteiger partial charge in [0.2, 0.25) is 11.8 Å². The molecule has 0 aromatic carbocycles. The SMILES string of the molecule is CN(C)CC(C)(O)CNC1CC(=O)N(C)C1=O. The Labute approximate surface area is 102 Å². The summed E-state index contributed by atoms with van der Waals surface area (Å²) in [6, 6.07) is -0.499. The van der Waals surface area contributed by atoms with Gasteiger partial charge in [-0.3, -0.25) is 14.5 Å². The summed E-state index contributed by atoms with van der Waals surface area (Å²) in [5.74, 6) is -0.407. The number of carbonyl (C=O) groups excluding carboxylic acids is 2. The molecule has 2 amide bonds. The second-order valence-corrected chi connectivity index (χ2v) is 5.16. The summed E-state index contributed by atoms with van der Waals surface area (Å²) < 4.78 is 0. The molecule has 2 atom stereocenters. The van der Waals surface area contributed by atoms with Crippen molar-refractivity contribution >= 4 is 11.8 Å². The Morgan fingerprint density at radius 1 is 1.53 bits per heavy atom. The maximum absolute atomic E-state index is 11.6. The first kappa shape index (κ1) is 14.1. The van der Waals surface area contributed by atoms with Crippen LogP contribution in [0.1, 0.15) is 13.3 Å². The standard InChI is InChI=1S/C11H21N3O3/c1-11(17,7-13(2)3)6-12-8-5-9(15)14(4)10(8)16/h8,12,17H,5-7H2,1-4H3. The molecule has 1 aliphatic rings. The second kappa shape index (κ2) is 5.12. The highest BCUT2D eigenvalue weighted by atomic mass is 16.3. The Morgan fingerprint density at radius 2 is 2.12 bits per heavy atom. The number of nitrogens with one attached hydrogen (secondary N) is 1. The van der Waals surface area contributed by atoms with Gasteiger partial charge in [0, 0.05) is 20.1 Å². The number of imide groups is 1. The van der Waals surface area contributed by atoms with Crippen LogP contribution in [0, 0.1) is 0 Å². The van der Waals surface area contributed by atoms with E-state index in [0.717, 1.165) is 4.90 Å². The predicted molar refractivity (Wildman–Crippen MR) is 63.4 cm³/mol. The molecule has 98 valence electrons. The van der Waals surface area contributed by atoms with Crippen molar-refractivity contribution in [1.82, 2.24) is 15.1 Å². The van der Waals surface area contributed by atoms with Crippen molar-refractivity contribution in [2.75, 3.05) is 34.2 Å². The zero-order chi connectivity index (χ0) is 13.2. The lowest BCUT2D eigenvalue weighted by Crippen LogP contribution is -2.49. The van der Waals surface area contributed by atoms with E-state index >= 15 is 0 Å². The third-order valence-electron chi connectivity index (χ3n) is 2.77. The molecule has 0 saturated carbocycles. The molecule has 1 rings (SSSR count). The summed E-state index contributed by atoms with van der Waals surface area (Å²) in [4.78, 5) is 25.9. The smallest absolute Gasteiger partial charge is 0.246 e. The van der Waals surface area contributed by atoms with Crippen LogP contribution in [0.5, 0.6) is 0 Å². The van der Waals surface area contributed by atoms with E-state index in [1.165, 1.54) is 7.05 Å². The number of rotatable bonds is 5. The van der Waals surface area contributed by atoms with E-state index in [9.17, 15) is 14.7 Å². The molecular weight excluding hydrogens is 222 g/mol. The van der Waals surface area contributed by atoms with Crippen LogP contribution in [0.15, 0.2) is 0 Å². The fourth-order valence-electron chi connectivity index (χ4n) is 2.00. The van der Waals surface area contributed by atoms with Gasteiger partial charge in [-0.2, -0.15) is 0 Å². The molecule has 6 nitrogen and oxygen atoms in total. The molecule has 1 fully saturated rings. The van der Waals surface area contributed by atoms with Crippen LogP contribution in [0.4, 0.5) is 0 Å². The lowest BCUT2D eigenvalue weighted by Gasteiger charge is -2.28. The van der Waals surface area contributed by atoms with Gasteiger partial charge in [0.25, 0.3) is 0 Å². The molecule has 2 N–H and O–H groups in total.